The Balaban J connectivity index is 1.83. The van der Waals surface area contributed by atoms with Gasteiger partial charge in [0.2, 0.25) is 5.91 Å². The molecule has 20 heavy (non-hydrogen) atoms. The van der Waals surface area contributed by atoms with Crippen molar-refractivity contribution >= 4 is 5.91 Å². The van der Waals surface area contributed by atoms with Crippen LogP contribution in [0.4, 0.5) is 0 Å². The molecule has 1 amide bonds. The van der Waals surface area contributed by atoms with Crippen LogP contribution < -0.4 is 0 Å². The number of carbonyl (C=O) groups is 1. The summed E-state index contributed by atoms with van der Waals surface area (Å²) < 4.78 is 1.90. The second-order valence-corrected chi connectivity index (χ2v) is 5.19. The van der Waals surface area contributed by atoms with Gasteiger partial charge in [-0.15, -0.1) is 0 Å². The third-order valence-corrected chi connectivity index (χ3v) is 3.81. The van der Waals surface area contributed by atoms with E-state index in [1.165, 1.54) is 0 Å². The molecule has 0 bridgehead atoms. The summed E-state index contributed by atoms with van der Waals surface area (Å²) in [7, 11) is 0. The van der Waals surface area contributed by atoms with Gasteiger partial charge < -0.3 is 4.90 Å². The molecule has 0 saturated carbocycles. The first-order chi connectivity index (χ1) is 9.74. The summed E-state index contributed by atoms with van der Waals surface area (Å²) >= 11 is 0. The highest BCUT2D eigenvalue weighted by Gasteiger charge is 2.23. The molecule has 1 aliphatic heterocycles. The average molecular weight is 270 g/mol. The van der Waals surface area contributed by atoms with Crippen LogP contribution in [0.2, 0.25) is 0 Å². The third-order valence-electron chi connectivity index (χ3n) is 3.81. The molecule has 3 heterocycles. The summed E-state index contributed by atoms with van der Waals surface area (Å²) in [5, 5.41) is 0. The predicted octanol–water partition coefficient (Wildman–Crippen LogP) is 1.99. The van der Waals surface area contributed by atoms with Gasteiger partial charge in [-0.1, -0.05) is 6.07 Å². The van der Waals surface area contributed by atoms with Gasteiger partial charge in [0.25, 0.3) is 0 Å². The number of carbonyl (C=O) groups excluding carboxylic acids is 1. The molecule has 2 aromatic rings. The van der Waals surface area contributed by atoms with Gasteiger partial charge in [-0.25, -0.2) is 9.97 Å². The minimum absolute atomic E-state index is 0.153. The SMILES string of the molecule is CC(=O)N1CCC[C@H](c2cccc(-n3ccnc3)n2)C1. The first-order valence-electron chi connectivity index (χ1n) is 6.95. The van der Waals surface area contributed by atoms with Crippen LogP contribution in [0, 0.1) is 0 Å². The van der Waals surface area contributed by atoms with Crippen molar-refractivity contribution in [2.45, 2.75) is 25.7 Å². The van der Waals surface area contributed by atoms with Crippen molar-refractivity contribution in [3.05, 3.63) is 42.6 Å². The smallest absolute Gasteiger partial charge is 0.219 e. The zero-order chi connectivity index (χ0) is 13.9. The Morgan fingerprint density at radius 3 is 3.05 bits per heavy atom. The molecule has 5 heteroatoms. The maximum atomic E-state index is 11.5. The van der Waals surface area contributed by atoms with E-state index in [-0.39, 0.29) is 5.91 Å². The van der Waals surface area contributed by atoms with Gasteiger partial charge in [0.15, 0.2) is 0 Å². The third kappa shape index (κ3) is 2.57. The molecule has 3 rings (SSSR count). The van der Waals surface area contributed by atoms with E-state index in [1.54, 1.807) is 19.4 Å². The van der Waals surface area contributed by atoms with Gasteiger partial charge in [0.1, 0.15) is 12.1 Å². The zero-order valence-electron chi connectivity index (χ0n) is 11.6. The van der Waals surface area contributed by atoms with Crippen molar-refractivity contribution in [3.63, 3.8) is 0 Å². The minimum atomic E-state index is 0.153. The fourth-order valence-electron chi connectivity index (χ4n) is 2.71. The molecule has 1 aliphatic rings. The largest absolute Gasteiger partial charge is 0.342 e. The number of likely N-dealkylation sites (tertiary alicyclic amines) is 1. The number of amides is 1. The number of aromatic nitrogens is 3. The second kappa shape index (κ2) is 5.45. The molecule has 1 saturated heterocycles. The molecule has 104 valence electrons. The summed E-state index contributed by atoms with van der Waals surface area (Å²) in [4.78, 5) is 22.2. The van der Waals surface area contributed by atoms with Crippen LogP contribution >= 0.6 is 0 Å². The van der Waals surface area contributed by atoms with E-state index in [2.05, 4.69) is 11.1 Å². The Morgan fingerprint density at radius 1 is 1.40 bits per heavy atom. The van der Waals surface area contributed by atoms with E-state index in [4.69, 9.17) is 4.98 Å². The molecule has 0 aromatic carbocycles. The molecule has 0 spiro atoms. The maximum absolute atomic E-state index is 11.5. The highest BCUT2D eigenvalue weighted by atomic mass is 16.2. The van der Waals surface area contributed by atoms with Crippen LogP contribution in [0.15, 0.2) is 36.9 Å². The van der Waals surface area contributed by atoms with E-state index in [1.807, 2.05) is 27.8 Å². The Hall–Kier alpha value is -2.17. The monoisotopic (exact) mass is 270 g/mol. The first-order valence-corrected chi connectivity index (χ1v) is 6.95. The number of nitrogens with zero attached hydrogens (tertiary/aromatic N) is 4. The fraction of sp³-hybridized carbons (Fsp3) is 0.400. The van der Waals surface area contributed by atoms with E-state index < -0.39 is 0 Å². The Labute approximate surface area is 118 Å². The number of rotatable bonds is 2. The highest BCUT2D eigenvalue weighted by molar-refractivity contribution is 5.73. The number of hydrogen-bond donors (Lipinski definition) is 0. The summed E-state index contributed by atoms with van der Waals surface area (Å²) in [5.74, 6) is 1.36. The van der Waals surface area contributed by atoms with Crippen molar-refractivity contribution in [3.8, 4) is 5.82 Å². The van der Waals surface area contributed by atoms with E-state index >= 15 is 0 Å². The van der Waals surface area contributed by atoms with Crippen LogP contribution in [0.25, 0.3) is 5.82 Å². The number of piperidine rings is 1. The molecule has 1 atom stereocenters. The molecular weight excluding hydrogens is 252 g/mol. The molecule has 0 N–H and O–H groups in total. The Kier molecular flexibility index (Phi) is 3.50. The van der Waals surface area contributed by atoms with Gasteiger partial charge in [-0.05, 0) is 25.0 Å². The standard InChI is InChI=1S/C15H18N4O/c1-12(20)18-8-3-4-13(10-18)14-5-2-6-15(17-14)19-9-7-16-11-19/h2,5-7,9,11,13H,3-4,8,10H2,1H3/t13-/m0/s1. The summed E-state index contributed by atoms with van der Waals surface area (Å²) in [6, 6.07) is 6.04. The van der Waals surface area contributed by atoms with Crippen molar-refractivity contribution in [2.75, 3.05) is 13.1 Å². The minimum Gasteiger partial charge on any atom is -0.342 e. The number of hydrogen-bond acceptors (Lipinski definition) is 3. The van der Waals surface area contributed by atoms with Crippen molar-refractivity contribution in [2.24, 2.45) is 0 Å². The molecular formula is C15H18N4O. The van der Waals surface area contributed by atoms with Crippen molar-refractivity contribution < 1.29 is 4.79 Å². The molecule has 0 aliphatic carbocycles. The lowest BCUT2D eigenvalue weighted by Crippen LogP contribution is -2.37. The van der Waals surface area contributed by atoms with Gasteiger partial charge in [0, 0.05) is 44.0 Å². The summed E-state index contributed by atoms with van der Waals surface area (Å²) in [6.07, 6.45) is 7.50. The van der Waals surface area contributed by atoms with Gasteiger partial charge in [-0.3, -0.25) is 9.36 Å². The topological polar surface area (TPSA) is 51.0 Å². The molecule has 0 radical (unpaired) electrons. The van der Waals surface area contributed by atoms with Gasteiger partial charge in [0.05, 0.1) is 0 Å². The lowest BCUT2D eigenvalue weighted by Gasteiger charge is -2.31. The maximum Gasteiger partial charge on any atom is 0.219 e. The lowest BCUT2D eigenvalue weighted by atomic mass is 9.94. The normalized spacial score (nSPS) is 19.1. The molecule has 5 nitrogen and oxygen atoms in total. The van der Waals surface area contributed by atoms with Crippen LogP contribution in [0.1, 0.15) is 31.4 Å². The van der Waals surface area contributed by atoms with Crippen LogP contribution in [0.3, 0.4) is 0 Å². The number of imidazole rings is 1. The van der Waals surface area contributed by atoms with E-state index in [9.17, 15) is 4.79 Å². The van der Waals surface area contributed by atoms with E-state index in [0.29, 0.717) is 5.92 Å². The van der Waals surface area contributed by atoms with Crippen molar-refractivity contribution in [1.82, 2.24) is 19.4 Å². The highest BCUT2D eigenvalue weighted by Crippen LogP contribution is 2.26. The predicted molar refractivity (Wildman–Crippen MR) is 75.6 cm³/mol. The molecule has 0 unspecified atom stereocenters. The van der Waals surface area contributed by atoms with Crippen LogP contribution in [-0.2, 0) is 4.79 Å². The summed E-state index contributed by atoms with van der Waals surface area (Å²) in [6.45, 7) is 3.28. The summed E-state index contributed by atoms with van der Waals surface area (Å²) in [5.41, 5.74) is 1.06. The van der Waals surface area contributed by atoms with Gasteiger partial charge >= 0.3 is 0 Å². The number of pyridine rings is 1. The molecule has 2 aromatic heterocycles. The van der Waals surface area contributed by atoms with Crippen LogP contribution in [-0.4, -0.2) is 38.4 Å². The van der Waals surface area contributed by atoms with Crippen molar-refractivity contribution in [1.29, 1.82) is 0 Å². The second-order valence-electron chi connectivity index (χ2n) is 5.19. The Bertz CT molecular complexity index is 594. The molecule has 1 fully saturated rings. The first kappa shape index (κ1) is 12.8. The Morgan fingerprint density at radius 2 is 2.30 bits per heavy atom. The zero-order valence-corrected chi connectivity index (χ0v) is 11.6. The van der Waals surface area contributed by atoms with Crippen LogP contribution in [0.5, 0.6) is 0 Å². The lowest BCUT2D eigenvalue weighted by molar-refractivity contribution is -0.130. The fourth-order valence-corrected chi connectivity index (χ4v) is 2.71. The van der Waals surface area contributed by atoms with E-state index in [0.717, 1.165) is 37.4 Å². The average Bonchev–Trinajstić information content (AvgIpc) is 3.02. The van der Waals surface area contributed by atoms with Gasteiger partial charge in [-0.2, -0.15) is 0 Å². The quantitative estimate of drug-likeness (QED) is 0.838.